The van der Waals surface area contributed by atoms with Crippen LogP contribution >= 0.6 is 15.9 Å². The molecule has 0 saturated heterocycles. The van der Waals surface area contributed by atoms with Gasteiger partial charge < -0.3 is 5.32 Å². The molecule has 0 heterocycles. The lowest BCUT2D eigenvalue weighted by molar-refractivity contribution is 0.533. The average molecular weight is 377 g/mol. The molecule has 1 aromatic carbocycles. The fourth-order valence-corrected chi connectivity index (χ4v) is 4.42. The normalized spacial score (nSPS) is 13.4. The molecule has 0 radical (unpaired) electrons. The van der Waals surface area contributed by atoms with Crippen molar-refractivity contribution in [1.29, 1.82) is 0 Å². The standard InChI is InChI=1S/C15H25BrN2O2S/c1-5-6-7-11(2)18-21(19,20)15-9-13(10-17-4)8-14(16)12(15)3/h8-9,11,17-18H,5-7,10H2,1-4H3. The number of nitrogens with one attached hydrogen (secondary N) is 2. The van der Waals surface area contributed by atoms with Crippen molar-refractivity contribution < 1.29 is 8.42 Å². The van der Waals surface area contributed by atoms with E-state index in [1.54, 1.807) is 6.07 Å². The van der Waals surface area contributed by atoms with Gasteiger partial charge >= 0.3 is 0 Å². The molecule has 1 rings (SSSR count). The smallest absolute Gasteiger partial charge is 0.241 e. The van der Waals surface area contributed by atoms with Crippen molar-refractivity contribution in [2.75, 3.05) is 7.05 Å². The van der Waals surface area contributed by atoms with Crippen LogP contribution in [-0.2, 0) is 16.6 Å². The van der Waals surface area contributed by atoms with Crippen LogP contribution in [0.15, 0.2) is 21.5 Å². The summed E-state index contributed by atoms with van der Waals surface area (Å²) in [5.41, 5.74) is 1.68. The molecule has 0 aromatic heterocycles. The number of rotatable bonds is 8. The highest BCUT2D eigenvalue weighted by Gasteiger charge is 2.21. The van der Waals surface area contributed by atoms with E-state index in [9.17, 15) is 8.42 Å². The molecule has 1 aromatic rings. The molecule has 2 N–H and O–H groups in total. The predicted molar refractivity (Wildman–Crippen MR) is 91.0 cm³/mol. The molecule has 0 aliphatic heterocycles. The highest BCUT2D eigenvalue weighted by Crippen LogP contribution is 2.26. The van der Waals surface area contributed by atoms with Gasteiger partial charge in [0.1, 0.15) is 0 Å². The summed E-state index contributed by atoms with van der Waals surface area (Å²) in [6.07, 6.45) is 2.94. The molecule has 0 amide bonds. The van der Waals surface area contributed by atoms with E-state index >= 15 is 0 Å². The van der Waals surface area contributed by atoms with E-state index in [2.05, 4.69) is 32.9 Å². The maximum atomic E-state index is 12.6. The zero-order valence-electron chi connectivity index (χ0n) is 13.2. The first-order chi connectivity index (χ1) is 9.81. The van der Waals surface area contributed by atoms with Crippen molar-refractivity contribution in [3.05, 3.63) is 27.7 Å². The van der Waals surface area contributed by atoms with E-state index in [4.69, 9.17) is 0 Å². The molecule has 120 valence electrons. The molecule has 0 aliphatic carbocycles. The zero-order valence-corrected chi connectivity index (χ0v) is 15.6. The highest BCUT2D eigenvalue weighted by atomic mass is 79.9. The third-order valence-corrected chi connectivity index (χ3v) is 5.91. The van der Waals surface area contributed by atoms with Crippen LogP contribution in [0.2, 0.25) is 0 Å². The Balaban J connectivity index is 3.06. The Kier molecular flexibility index (Phi) is 7.33. The van der Waals surface area contributed by atoms with Gasteiger partial charge in [-0.25, -0.2) is 13.1 Å². The zero-order chi connectivity index (χ0) is 16.0. The molecule has 21 heavy (non-hydrogen) atoms. The maximum Gasteiger partial charge on any atom is 0.241 e. The molecule has 1 atom stereocenters. The van der Waals surface area contributed by atoms with Crippen molar-refractivity contribution in [1.82, 2.24) is 10.0 Å². The van der Waals surface area contributed by atoms with Crippen molar-refractivity contribution in [2.45, 2.75) is 57.5 Å². The number of sulfonamides is 1. The van der Waals surface area contributed by atoms with Gasteiger partial charge in [-0.1, -0.05) is 35.7 Å². The Morgan fingerprint density at radius 2 is 2.00 bits per heavy atom. The molecular formula is C15H25BrN2O2S. The molecule has 1 unspecified atom stereocenters. The first kappa shape index (κ1) is 18.6. The molecular weight excluding hydrogens is 352 g/mol. The van der Waals surface area contributed by atoms with Crippen LogP contribution in [-0.4, -0.2) is 21.5 Å². The topological polar surface area (TPSA) is 58.2 Å². The summed E-state index contributed by atoms with van der Waals surface area (Å²) in [5, 5.41) is 3.04. The van der Waals surface area contributed by atoms with E-state index in [1.807, 2.05) is 27.0 Å². The second-order valence-corrected chi connectivity index (χ2v) is 7.93. The number of unbranched alkanes of at least 4 members (excludes halogenated alkanes) is 1. The van der Waals surface area contributed by atoms with Crippen LogP contribution in [0.3, 0.4) is 0 Å². The average Bonchev–Trinajstić information content (AvgIpc) is 2.40. The summed E-state index contributed by atoms with van der Waals surface area (Å²) >= 11 is 3.45. The number of hydrogen-bond donors (Lipinski definition) is 2. The Morgan fingerprint density at radius 1 is 1.33 bits per heavy atom. The summed E-state index contributed by atoms with van der Waals surface area (Å²) in [6, 6.07) is 3.64. The van der Waals surface area contributed by atoms with Crippen LogP contribution in [0.25, 0.3) is 0 Å². The fraction of sp³-hybridized carbons (Fsp3) is 0.600. The fourth-order valence-electron chi connectivity index (χ4n) is 2.19. The maximum absolute atomic E-state index is 12.6. The monoisotopic (exact) mass is 376 g/mol. The summed E-state index contributed by atoms with van der Waals surface area (Å²) < 4.78 is 28.8. The first-order valence-corrected chi connectivity index (χ1v) is 9.55. The van der Waals surface area contributed by atoms with Gasteiger partial charge in [-0.2, -0.15) is 0 Å². The number of halogens is 1. The Hall–Kier alpha value is -0.430. The number of hydrogen-bond acceptors (Lipinski definition) is 3. The molecule has 0 aliphatic rings. The molecule has 0 saturated carbocycles. The van der Waals surface area contributed by atoms with Gasteiger partial charge in [0.15, 0.2) is 0 Å². The van der Waals surface area contributed by atoms with Crippen LogP contribution in [0.4, 0.5) is 0 Å². The lowest BCUT2D eigenvalue weighted by Crippen LogP contribution is -2.33. The molecule has 0 fully saturated rings. The van der Waals surface area contributed by atoms with Crippen molar-refractivity contribution in [2.24, 2.45) is 0 Å². The summed E-state index contributed by atoms with van der Waals surface area (Å²) in [4.78, 5) is 0.352. The van der Waals surface area contributed by atoms with Gasteiger partial charge in [-0.15, -0.1) is 0 Å². The lowest BCUT2D eigenvalue weighted by atomic mass is 10.1. The van der Waals surface area contributed by atoms with E-state index in [-0.39, 0.29) is 6.04 Å². The quantitative estimate of drug-likeness (QED) is 0.731. The van der Waals surface area contributed by atoms with Crippen molar-refractivity contribution in [3.8, 4) is 0 Å². The third-order valence-electron chi connectivity index (χ3n) is 3.37. The summed E-state index contributed by atoms with van der Waals surface area (Å²) in [6.45, 7) is 6.46. The lowest BCUT2D eigenvalue weighted by Gasteiger charge is -2.17. The Morgan fingerprint density at radius 3 is 2.57 bits per heavy atom. The van der Waals surface area contributed by atoms with E-state index in [0.29, 0.717) is 11.4 Å². The van der Waals surface area contributed by atoms with Crippen molar-refractivity contribution >= 4 is 26.0 Å². The molecule has 0 spiro atoms. The van der Waals surface area contributed by atoms with Gasteiger partial charge in [0, 0.05) is 17.1 Å². The molecule has 6 heteroatoms. The van der Waals surface area contributed by atoms with E-state index in [1.165, 1.54) is 0 Å². The van der Waals surface area contributed by atoms with Crippen LogP contribution in [0.5, 0.6) is 0 Å². The minimum atomic E-state index is -3.49. The third kappa shape index (κ3) is 5.36. The van der Waals surface area contributed by atoms with Gasteiger partial charge in [0.05, 0.1) is 4.90 Å². The minimum absolute atomic E-state index is 0.0546. The Bertz CT molecular complexity index is 573. The van der Waals surface area contributed by atoms with Crippen LogP contribution in [0, 0.1) is 6.92 Å². The van der Waals surface area contributed by atoms with Gasteiger partial charge in [-0.3, -0.25) is 0 Å². The molecule has 0 bridgehead atoms. The predicted octanol–water partition coefficient (Wildman–Crippen LogP) is 3.33. The minimum Gasteiger partial charge on any atom is -0.316 e. The highest BCUT2D eigenvalue weighted by molar-refractivity contribution is 9.10. The number of benzene rings is 1. The Labute approximate surface area is 136 Å². The van der Waals surface area contributed by atoms with Crippen LogP contribution in [0.1, 0.15) is 44.2 Å². The van der Waals surface area contributed by atoms with Gasteiger partial charge in [-0.05, 0) is 50.6 Å². The van der Waals surface area contributed by atoms with Gasteiger partial charge in [0.2, 0.25) is 10.0 Å². The second kappa shape index (κ2) is 8.27. The van der Waals surface area contributed by atoms with E-state index in [0.717, 1.165) is 34.9 Å². The SMILES string of the molecule is CCCCC(C)NS(=O)(=O)c1cc(CNC)cc(Br)c1C. The molecule has 4 nitrogen and oxygen atoms in total. The van der Waals surface area contributed by atoms with Crippen molar-refractivity contribution in [3.63, 3.8) is 0 Å². The van der Waals surface area contributed by atoms with Crippen LogP contribution < -0.4 is 10.0 Å². The largest absolute Gasteiger partial charge is 0.316 e. The van der Waals surface area contributed by atoms with E-state index < -0.39 is 10.0 Å². The second-order valence-electron chi connectivity index (χ2n) is 5.40. The first-order valence-electron chi connectivity index (χ1n) is 7.27. The summed E-state index contributed by atoms with van der Waals surface area (Å²) in [7, 11) is -1.65. The summed E-state index contributed by atoms with van der Waals surface area (Å²) in [5.74, 6) is 0. The van der Waals surface area contributed by atoms with Gasteiger partial charge in [0.25, 0.3) is 0 Å².